The minimum absolute atomic E-state index is 0.521. The zero-order valence-electron chi connectivity index (χ0n) is 10.2. The average molecular weight is 206 g/mol. The van der Waals surface area contributed by atoms with E-state index in [-0.39, 0.29) is 0 Å². The highest BCUT2D eigenvalue weighted by molar-refractivity contribution is 5.47. The number of likely N-dealkylation sites (N-methyl/N-ethyl adjacent to an activating group) is 2. The molecule has 1 aromatic rings. The number of hydrogen-bond donors (Lipinski definition) is 1. The van der Waals surface area contributed by atoms with Crippen LogP contribution in [0.3, 0.4) is 0 Å². The molecule has 0 aliphatic heterocycles. The molecule has 2 nitrogen and oxygen atoms in total. The first-order chi connectivity index (χ1) is 7.15. The van der Waals surface area contributed by atoms with Gasteiger partial charge in [0, 0.05) is 25.3 Å². The van der Waals surface area contributed by atoms with Gasteiger partial charge in [0.2, 0.25) is 0 Å². The molecule has 0 aliphatic rings. The average Bonchev–Trinajstić information content (AvgIpc) is 2.26. The van der Waals surface area contributed by atoms with Crippen LogP contribution in [0.2, 0.25) is 0 Å². The highest BCUT2D eigenvalue weighted by atomic mass is 15.1. The zero-order chi connectivity index (χ0) is 11.3. The highest BCUT2D eigenvalue weighted by Crippen LogP contribution is 2.15. The van der Waals surface area contributed by atoms with Crippen molar-refractivity contribution >= 4 is 5.69 Å². The fraction of sp³-hybridized carbons (Fsp3) is 0.538. The van der Waals surface area contributed by atoms with Gasteiger partial charge in [0.25, 0.3) is 0 Å². The largest absolute Gasteiger partial charge is 0.371 e. The molecule has 1 aromatic carbocycles. The maximum absolute atomic E-state index is 3.37. The predicted molar refractivity (Wildman–Crippen MR) is 67.6 cm³/mol. The van der Waals surface area contributed by atoms with Crippen molar-refractivity contribution < 1.29 is 0 Å². The van der Waals surface area contributed by atoms with E-state index in [2.05, 4.69) is 62.3 Å². The molecule has 0 saturated carbocycles. The standard InChI is InChI=1S/C13H22N2/c1-5-14-10-12(3)15(4)13-8-6-11(2)7-9-13/h6-9,12,14H,5,10H2,1-4H3. The van der Waals surface area contributed by atoms with Crippen molar-refractivity contribution in [2.75, 3.05) is 25.0 Å². The predicted octanol–water partition coefficient (Wildman–Crippen LogP) is 2.43. The van der Waals surface area contributed by atoms with Crippen molar-refractivity contribution in [2.45, 2.75) is 26.8 Å². The Labute approximate surface area is 93.3 Å². The second kappa shape index (κ2) is 5.76. The summed E-state index contributed by atoms with van der Waals surface area (Å²) in [7, 11) is 2.15. The fourth-order valence-electron chi connectivity index (χ4n) is 1.52. The van der Waals surface area contributed by atoms with Gasteiger partial charge in [0.05, 0.1) is 0 Å². The Kier molecular flexibility index (Phi) is 4.63. The number of nitrogens with zero attached hydrogens (tertiary/aromatic N) is 1. The third-order valence-corrected chi connectivity index (χ3v) is 2.79. The smallest absolute Gasteiger partial charge is 0.0383 e. The van der Waals surface area contributed by atoms with Crippen LogP contribution in [-0.2, 0) is 0 Å². The van der Waals surface area contributed by atoms with Crippen LogP contribution in [0.5, 0.6) is 0 Å². The van der Waals surface area contributed by atoms with Crippen LogP contribution in [0, 0.1) is 6.92 Å². The van der Waals surface area contributed by atoms with Crippen LogP contribution in [0.25, 0.3) is 0 Å². The van der Waals surface area contributed by atoms with Crippen molar-refractivity contribution in [2.24, 2.45) is 0 Å². The van der Waals surface area contributed by atoms with Crippen LogP contribution in [0.4, 0.5) is 5.69 Å². The molecular weight excluding hydrogens is 184 g/mol. The molecule has 0 fully saturated rings. The lowest BCUT2D eigenvalue weighted by Gasteiger charge is -2.27. The number of aryl methyl sites for hydroxylation is 1. The Hall–Kier alpha value is -1.02. The number of rotatable bonds is 5. The third-order valence-electron chi connectivity index (χ3n) is 2.79. The maximum Gasteiger partial charge on any atom is 0.0383 e. The fourth-order valence-corrected chi connectivity index (χ4v) is 1.52. The molecule has 0 aromatic heterocycles. The number of anilines is 1. The van der Waals surface area contributed by atoms with E-state index in [1.807, 2.05) is 0 Å². The first-order valence-electron chi connectivity index (χ1n) is 5.65. The van der Waals surface area contributed by atoms with Gasteiger partial charge in [-0.2, -0.15) is 0 Å². The quantitative estimate of drug-likeness (QED) is 0.796. The van der Waals surface area contributed by atoms with E-state index in [0.717, 1.165) is 13.1 Å². The van der Waals surface area contributed by atoms with Gasteiger partial charge < -0.3 is 10.2 Å². The van der Waals surface area contributed by atoms with E-state index in [9.17, 15) is 0 Å². The van der Waals surface area contributed by atoms with Gasteiger partial charge in [-0.15, -0.1) is 0 Å². The van der Waals surface area contributed by atoms with Gasteiger partial charge in [-0.1, -0.05) is 24.6 Å². The Morgan fingerprint density at radius 1 is 1.27 bits per heavy atom. The molecule has 0 saturated heterocycles. The van der Waals surface area contributed by atoms with E-state index in [1.165, 1.54) is 11.3 Å². The Morgan fingerprint density at radius 3 is 2.40 bits per heavy atom. The van der Waals surface area contributed by atoms with Crippen LogP contribution >= 0.6 is 0 Å². The van der Waals surface area contributed by atoms with Crippen molar-refractivity contribution in [1.82, 2.24) is 5.32 Å². The highest BCUT2D eigenvalue weighted by Gasteiger charge is 2.08. The van der Waals surface area contributed by atoms with Crippen molar-refractivity contribution in [3.05, 3.63) is 29.8 Å². The monoisotopic (exact) mass is 206 g/mol. The summed E-state index contributed by atoms with van der Waals surface area (Å²) in [5, 5.41) is 3.37. The Morgan fingerprint density at radius 2 is 1.87 bits per heavy atom. The second-order valence-corrected chi connectivity index (χ2v) is 4.10. The molecule has 0 radical (unpaired) electrons. The van der Waals surface area contributed by atoms with Crippen molar-refractivity contribution in [1.29, 1.82) is 0 Å². The van der Waals surface area contributed by atoms with Gasteiger partial charge in [-0.25, -0.2) is 0 Å². The molecule has 1 rings (SSSR count). The first kappa shape index (κ1) is 12.1. The normalized spacial score (nSPS) is 12.5. The number of benzene rings is 1. The molecule has 0 amide bonds. The van der Waals surface area contributed by atoms with Gasteiger partial charge in [0.1, 0.15) is 0 Å². The summed E-state index contributed by atoms with van der Waals surface area (Å²) in [6.45, 7) is 8.56. The molecule has 1 N–H and O–H groups in total. The van der Waals surface area contributed by atoms with Crippen LogP contribution in [0.1, 0.15) is 19.4 Å². The molecule has 0 aliphatic carbocycles. The van der Waals surface area contributed by atoms with Gasteiger partial charge in [-0.05, 0) is 32.5 Å². The Bertz CT molecular complexity index is 279. The van der Waals surface area contributed by atoms with E-state index < -0.39 is 0 Å². The third kappa shape index (κ3) is 3.56. The summed E-state index contributed by atoms with van der Waals surface area (Å²) in [6, 6.07) is 9.19. The number of nitrogens with one attached hydrogen (secondary N) is 1. The maximum atomic E-state index is 3.37. The van der Waals surface area contributed by atoms with E-state index in [1.54, 1.807) is 0 Å². The van der Waals surface area contributed by atoms with E-state index >= 15 is 0 Å². The topological polar surface area (TPSA) is 15.3 Å². The summed E-state index contributed by atoms with van der Waals surface area (Å²) < 4.78 is 0. The lowest BCUT2D eigenvalue weighted by atomic mass is 10.2. The van der Waals surface area contributed by atoms with Gasteiger partial charge in [-0.3, -0.25) is 0 Å². The second-order valence-electron chi connectivity index (χ2n) is 4.10. The SMILES string of the molecule is CCNCC(C)N(C)c1ccc(C)cc1. The van der Waals surface area contributed by atoms with E-state index in [0.29, 0.717) is 6.04 Å². The summed E-state index contributed by atoms with van der Waals surface area (Å²) in [4.78, 5) is 2.31. The minimum Gasteiger partial charge on any atom is -0.371 e. The summed E-state index contributed by atoms with van der Waals surface area (Å²) in [5.41, 5.74) is 2.59. The summed E-state index contributed by atoms with van der Waals surface area (Å²) in [6.07, 6.45) is 0. The molecule has 0 heterocycles. The molecule has 1 unspecified atom stereocenters. The Balaban J connectivity index is 2.59. The first-order valence-corrected chi connectivity index (χ1v) is 5.65. The summed E-state index contributed by atoms with van der Waals surface area (Å²) >= 11 is 0. The molecule has 1 atom stereocenters. The molecule has 0 bridgehead atoms. The van der Waals surface area contributed by atoms with E-state index in [4.69, 9.17) is 0 Å². The van der Waals surface area contributed by atoms with Crippen molar-refractivity contribution in [3.63, 3.8) is 0 Å². The van der Waals surface area contributed by atoms with Gasteiger partial charge in [0.15, 0.2) is 0 Å². The molecule has 2 heteroatoms. The van der Waals surface area contributed by atoms with Crippen LogP contribution in [-0.4, -0.2) is 26.2 Å². The molecule has 84 valence electrons. The van der Waals surface area contributed by atoms with Crippen LogP contribution < -0.4 is 10.2 Å². The lowest BCUT2D eigenvalue weighted by Crippen LogP contribution is -2.37. The molecule has 0 spiro atoms. The number of hydrogen-bond acceptors (Lipinski definition) is 2. The molecular formula is C13H22N2. The molecule has 15 heavy (non-hydrogen) atoms. The van der Waals surface area contributed by atoms with Gasteiger partial charge >= 0.3 is 0 Å². The summed E-state index contributed by atoms with van der Waals surface area (Å²) in [5.74, 6) is 0. The van der Waals surface area contributed by atoms with Crippen LogP contribution in [0.15, 0.2) is 24.3 Å². The zero-order valence-corrected chi connectivity index (χ0v) is 10.2. The lowest BCUT2D eigenvalue weighted by molar-refractivity contribution is 0.600. The minimum atomic E-state index is 0.521. The van der Waals surface area contributed by atoms with Crippen molar-refractivity contribution in [3.8, 4) is 0 Å².